The Morgan fingerprint density at radius 3 is 2.72 bits per heavy atom. The fraction of sp³-hybridized carbons (Fsp3) is 0.294. The Hall–Kier alpha value is -1.60. The molecule has 1 nitrogen and oxygen atoms in total. The first-order chi connectivity index (χ1) is 8.90. The maximum atomic E-state index is 3.45. The molecule has 0 saturated heterocycles. The first-order valence-corrected chi connectivity index (χ1v) is 6.80. The SMILES string of the molecule is CCc1ccccc1-c1cccc2c1CCNC2. The van der Waals surface area contributed by atoms with Crippen molar-refractivity contribution in [3.63, 3.8) is 0 Å². The van der Waals surface area contributed by atoms with Gasteiger partial charge in [0.05, 0.1) is 0 Å². The summed E-state index contributed by atoms with van der Waals surface area (Å²) in [6, 6.07) is 15.5. The lowest BCUT2D eigenvalue weighted by Crippen LogP contribution is -2.24. The van der Waals surface area contributed by atoms with Crippen LogP contribution in [0.2, 0.25) is 0 Å². The van der Waals surface area contributed by atoms with Crippen molar-refractivity contribution in [2.45, 2.75) is 26.3 Å². The number of rotatable bonds is 2. The second-order valence-corrected chi connectivity index (χ2v) is 4.88. The van der Waals surface area contributed by atoms with Crippen molar-refractivity contribution in [3.05, 3.63) is 59.2 Å². The van der Waals surface area contributed by atoms with Crippen LogP contribution in [0.25, 0.3) is 11.1 Å². The van der Waals surface area contributed by atoms with E-state index in [0.717, 1.165) is 25.9 Å². The number of aryl methyl sites for hydroxylation is 1. The summed E-state index contributed by atoms with van der Waals surface area (Å²) in [4.78, 5) is 0. The number of benzene rings is 2. The molecule has 2 aromatic rings. The van der Waals surface area contributed by atoms with Crippen LogP contribution in [0, 0.1) is 0 Å². The number of hydrogen-bond donors (Lipinski definition) is 1. The Labute approximate surface area is 109 Å². The van der Waals surface area contributed by atoms with Gasteiger partial charge in [-0.15, -0.1) is 0 Å². The zero-order valence-corrected chi connectivity index (χ0v) is 10.9. The summed E-state index contributed by atoms with van der Waals surface area (Å²) in [7, 11) is 0. The Kier molecular flexibility index (Phi) is 3.16. The molecule has 0 aromatic heterocycles. The van der Waals surface area contributed by atoms with Crippen molar-refractivity contribution >= 4 is 0 Å². The third kappa shape index (κ3) is 1.95. The molecule has 0 atom stereocenters. The lowest BCUT2D eigenvalue weighted by Gasteiger charge is -2.21. The molecule has 1 aliphatic heterocycles. The van der Waals surface area contributed by atoms with Crippen molar-refractivity contribution in [1.82, 2.24) is 5.32 Å². The van der Waals surface area contributed by atoms with Gasteiger partial charge in [0, 0.05) is 6.54 Å². The average Bonchev–Trinajstić information content (AvgIpc) is 2.46. The summed E-state index contributed by atoms with van der Waals surface area (Å²) in [5, 5.41) is 3.45. The minimum Gasteiger partial charge on any atom is -0.312 e. The number of fused-ring (bicyclic) bond motifs is 1. The van der Waals surface area contributed by atoms with Gasteiger partial charge >= 0.3 is 0 Å². The average molecular weight is 237 g/mol. The molecule has 0 unspecified atom stereocenters. The van der Waals surface area contributed by atoms with E-state index in [9.17, 15) is 0 Å². The predicted octanol–water partition coefficient (Wildman–Crippen LogP) is 3.56. The predicted molar refractivity (Wildman–Crippen MR) is 76.7 cm³/mol. The summed E-state index contributed by atoms with van der Waals surface area (Å²) in [5.74, 6) is 0. The van der Waals surface area contributed by atoms with E-state index >= 15 is 0 Å². The molecule has 0 aliphatic carbocycles. The van der Waals surface area contributed by atoms with Crippen LogP contribution in [0.15, 0.2) is 42.5 Å². The molecular formula is C17H19N. The van der Waals surface area contributed by atoms with Gasteiger partial charge in [0.2, 0.25) is 0 Å². The van der Waals surface area contributed by atoms with Gasteiger partial charge in [-0.1, -0.05) is 49.4 Å². The largest absolute Gasteiger partial charge is 0.312 e. The highest BCUT2D eigenvalue weighted by molar-refractivity contribution is 5.72. The third-order valence-corrected chi connectivity index (χ3v) is 3.83. The van der Waals surface area contributed by atoms with Crippen molar-refractivity contribution in [1.29, 1.82) is 0 Å². The van der Waals surface area contributed by atoms with Crippen molar-refractivity contribution < 1.29 is 0 Å². The van der Waals surface area contributed by atoms with E-state index in [0.29, 0.717) is 0 Å². The maximum absolute atomic E-state index is 3.45. The second kappa shape index (κ2) is 4.95. The Morgan fingerprint density at radius 1 is 1.00 bits per heavy atom. The molecule has 0 fully saturated rings. The van der Waals surface area contributed by atoms with E-state index in [-0.39, 0.29) is 0 Å². The number of nitrogens with one attached hydrogen (secondary N) is 1. The van der Waals surface area contributed by atoms with Crippen LogP contribution in [-0.4, -0.2) is 6.54 Å². The molecule has 0 saturated carbocycles. The third-order valence-electron chi connectivity index (χ3n) is 3.83. The number of hydrogen-bond acceptors (Lipinski definition) is 1. The first-order valence-electron chi connectivity index (χ1n) is 6.80. The van der Waals surface area contributed by atoms with Crippen LogP contribution in [-0.2, 0) is 19.4 Å². The van der Waals surface area contributed by atoms with E-state index in [4.69, 9.17) is 0 Å². The van der Waals surface area contributed by atoms with E-state index in [1.807, 2.05) is 0 Å². The fourth-order valence-corrected chi connectivity index (χ4v) is 2.88. The monoisotopic (exact) mass is 237 g/mol. The van der Waals surface area contributed by atoms with E-state index in [1.165, 1.54) is 27.8 Å². The second-order valence-electron chi connectivity index (χ2n) is 4.88. The molecular weight excluding hydrogens is 218 g/mol. The molecule has 1 heterocycles. The van der Waals surface area contributed by atoms with Gasteiger partial charge in [-0.05, 0) is 47.2 Å². The normalized spacial score (nSPS) is 14.3. The smallest absolute Gasteiger partial charge is 0.0208 e. The van der Waals surface area contributed by atoms with Crippen LogP contribution < -0.4 is 5.32 Å². The van der Waals surface area contributed by atoms with Crippen molar-refractivity contribution in [3.8, 4) is 11.1 Å². The lowest BCUT2D eigenvalue weighted by atomic mass is 9.89. The molecule has 0 amide bonds. The Balaban J connectivity index is 2.17. The Morgan fingerprint density at radius 2 is 1.83 bits per heavy atom. The van der Waals surface area contributed by atoms with Gasteiger partial charge in [0.1, 0.15) is 0 Å². The van der Waals surface area contributed by atoms with Gasteiger partial charge in [0.25, 0.3) is 0 Å². The van der Waals surface area contributed by atoms with Gasteiger partial charge in [-0.25, -0.2) is 0 Å². The zero-order valence-electron chi connectivity index (χ0n) is 10.9. The van der Waals surface area contributed by atoms with Gasteiger partial charge in [-0.2, -0.15) is 0 Å². The molecule has 1 heteroatoms. The lowest BCUT2D eigenvalue weighted by molar-refractivity contribution is 0.645. The van der Waals surface area contributed by atoms with Crippen LogP contribution in [0.3, 0.4) is 0 Å². The topological polar surface area (TPSA) is 12.0 Å². The minimum absolute atomic E-state index is 1.01. The van der Waals surface area contributed by atoms with Crippen molar-refractivity contribution in [2.75, 3.05) is 6.54 Å². The summed E-state index contributed by atoms with van der Waals surface area (Å²) >= 11 is 0. The fourth-order valence-electron chi connectivity index (χ4n) is 2.88. The molecule has 1 N–H and O–H groups in total. The highest BCUT2D eigenvalue weighted by Crippen LogP contribution is 2.31. The molecule has 92 valence electrons. The van der Waals surface area contributed by atoms with Crippen LogP contribution in [0.5, 0.6) is 0 Å². The maximum Gasteiger partial charge on any atom is 0.0208 e. The standard InChI is InChI=1S/C17H19N/c1-2-13-6-3-4-8-15(13)17-9-5-7-14-12-18-11-10-16(14)17/h3-9,18H,2,10-12H2,1H3. The summed E-state index contributed by atoms with van der Waals surface area (Å²) in [6.45, 7) is 4.34. The minimum atomic E-state index is 1.01. The van der Waals surface area contributed by atoms with Crippen molar-refractivity contribution in [2.24, 2.45) is 0 Å². The van der Waals surface area contributed by atoms with E-state index in [1.54, 1.807) is 0 Å². The molecule has 1 aliphatic rings. The molecule has 0 radical (unpaired) electrons. The highest BCUT2D eigenvalue weighted by Gasteiger charge is 2.14. The van der Waals surface area contributed by atoms with Gasteiger partial charge < -0.3 is 5.32 Å². The summed E-state index contributed by atoms with van der Waals surface area (Å²) in [6.07, 6.45) is 2.24. The summed E-state index contributed by atoms with van der Waals surface area (Å²) < 4.78 is 0. The van der Waals surface area contributed by atoms with E-state index < -0.39 is 0 Å². The summed E-state index contributed by atoms with van der Waals surface area (Å²) in [5.41, 5.74) is 7.30. The zero-order chi connectivity index (χ0) is 12.4. The first kappa shape index (κ1) is 11.5. The van der Waals surface area contributed by atoms with Crippen LogP contribution >= 0.6 is 0 Å². The van der Waals surface area contributed by atoms with Crippen LogP contribution in [0.4, 0.5) is 0 Å². The molecule has 0 spiro atoms. The van der Waals surface area contributed by atoms with E-state index in [2.05, 4.69) is 54.7 Å². The molecule has 3 rings (SSSR count). The molecule has 18 heavy (non-hydrogen) atoms. The Bertz CT molecular complexity index is 557. The molecule has 0 bridgehead atoms. The van der Waals surface area contributed by atoms with Gasteiger partial charge in [0.15, 0.2) is 0 Å². The van der Waals surface area contributed by atoms with Crippen LogP contribution in [0.1, 0.15) is 23.6 Å². The van der Waals surface area contributed by atoms with Gasteiger partial charge in [-0.3, -0.25) is 0 Å². The highest BCUT2D eigenvalue weighted by atomic mass is 14.9. The quantitative estimate of drug-likeness (QED) is 0.842. The molecule has 2 aromatic carbocycles.